The molecule has 3 heteroatoms. The highest BCUT2D eigenvalue weighted by Crippen LogP contribution is 1.97. The third-order valence-electron chi connectivity index (χ3n) is 0.913. The standard InChI is InChI=1S/C5H8N2S/c1-2-3-5-4-6-8-7-5/h4H,2-3H2,1H3. The smallest absolute Gasteiger partial charge is 0.0742 e. The van der Waals surface area contributed by atoms with Crippen LogP contribution < -0.4 is 0 Å². The van der Waals surface area contributed by atoms with Gasteiger partial charge >= 0.3 is 0 Å². The Morgan fingerprint density at radius 3 is 3.12 bits per heavy atom. The van der Waals surface area contributed by atoms with E-state index in [2.05, 4.69) is 15.7 Å². The number of hydrogen-bond acceptors (Lipinski definition) is 3. The maximum Gasteiger partial charge on any atom is 0.0742 e. The van der Waals surface area contributed by atoms with Gasteiger partial charge in [-0.3, -0.25) is 0 Å². The first kappa shape index (κ1) is 5.69. The van der Waals surface area contributed by atoms with Gasteiger partial charge in [0.2, 0.25) is 0 Å². The molecule has 0 aliphatic rings. The second kappa shape index (κ2) is 2.77. The lowest BCUT2D eigenvalue weighted by atomic mass is 10.3. The van der Waals surface area contributed by atoms with Gasteiger partial charge in [-0.25, -0.2) is 0 Å². The van der Waals surface area contributed by atoms with Gasteiger partial charge in [-0.2, -0.15) is 8.75 Å². The van der Waals surface area contributed by atoms with Crippen molar-refractivity contribution in [3.8, 4) is 0 Å². The Morgan fingerprint density at radius 2 is 2.62 bits per heavy atom. The summed E-state index contributed by atoms with van der Waals surface area (Å²) in [7, 11) is 0. The molecule has 0 aliphatic heterocycles. The number of aryl methyl sites for hydroxylation is 1. The highest BCUT2D eigenvalue weighted by molar-refractivity contribution is 6.99. The lowest BCUT2D eigenvalue weighted by Crippen LogP contribution is -1.78. The molecule has 1 aromatic heterocycles. The maximum atomic E-state index is 4.04. The average molecular weight is 128 g/mol. The molecule has 0 radical (unpaired) electrons. The normalized spacial score (nSPS) is 9.62. The lowest BCUT2D eigenvalue weighted by molar-refractivity contribution is 0.898. The van der Waals surface area contributed by atoms with Crippen molar-refractivity contribution in [2.24, 2.45) is 0 Å². The molecule has 44 valence electrons. The monoisotopic (exact) mass is 128 g/mol. The molecule has 0 N–H and O–H groups in total. The van der Waals surface area contributed by atoms with Gasteiger partial charge in [0.25, 0.3) is 0 Å². The average Bonchev–Trinajstić information content (AvgIpc) is 2.19. The van der Waals surface area contributed by atoms with Crippen LogP contribution in [0.4, 0.5) is 0 Å². The van der Waals surface area contributed by atoms with Crippen molar-refractivity contribution in [2.75, 3.05) is 0 Å². The topological polar surface area (TPSA) is 25.8 Å². The number of hydrogen-bond donors (Lipinski definition) is 0. The Hall–Kier alpha value is -0.440. The van der Waals surface area contributed by atoms with Crippen LogP contribution in [-0.4, -0.2) is 8.75 Å². The molecule has 1 aromatic rings. The fraction of sp³-hybridized carbons (Fsp3) is 0.600. The van der Waals surface area contributed by atoms with Crippen molar-refractivity contribution in [1.82, 2.24) is 8.75 Å². The Labute approximate surface area is 52.9 Å². The predicted octanol–water partition coefficient (Wildman–Crippen LogP) is 1.49. The van der Waals surface area contributed by atoms with Crippen LogP contribution in [0.25, 0.3) is 0 Å². The first-order chi connectivity index (χ1) is 3.93. The molecule has 0 spiro atoms. The van der Waals surface area contributed by atoms with Crippen molar-refractivity contribution in [3.05, 3.63) is 11.9 Å². The minimum atomic E-state index is 1.07. The van der Waals surface area contributed by atoms with E-state index < -0.39 is 0 Å². The van der Waals surface area contributed by atoms with Crippen LogP contribution in [0, 0.1) is 0 Å². The highest BCUT2D eigenvalue weighted by Gasteiger charge is 1.90. The Bertz CT molecular complexity index is 136. The molecule has 0 amide bonds. The van der Waals surface area contributed by atoms with Crippen molar-refractivity contribution in [3.63, 3.8) is 0 Å². The maximum absolute atomic E-state index is 4.04. The zero-order valence-electron chi connectivity index (χ0n) is 4.79. The van der Waals surface area contributed by atoms with Crippen LogP contribution >= 0.6 is 11.7 Å². The molecule has 0 unspecified atom stereocenters. The minimum absolute atomic E-state index is 1.07. The highest BCUT2D eigenvalue weighted by atomic mass is 32.1. The molecule has 2 nitrogen and oxygen atoms in total. The fourth-order valence-electron chi connectivity index (χ4n) is 0.550. The van der Waals surface area contributed by atoms with E-state index in [9.17, 15) is 0 Å². The Kier molecular flexibility index (Phi) is 1.97. The van der Waals surface area contributed by atoms with Gasteiger partial charge in [0, 0.05) is 0 Å². The SMILES string of the molecule is CCCc1cnsn1. The quantitative estimate of drug-likeness (QED) is 0.603. The second-order valence-electron chi connectivity index (χ2n) is 1.65. The summed E-state index contributed by atoms with van der Waals surface area (Å²) in [6, 6.07) is 0. The molecule has 1 rings (SSSR count). The molecule has 0 aliphatic carbocycles. The summed E-state index contributed by atoms with van der Waals surface area (Å²) in [5, 5.41) is 0. The fourth-order valence-corrected chi connectivity index (χ4v) is 1.01. The summed E-state index contributed by atoms with van der Waals surface area (Å²) in [5.41, 5.74) is 1.12. The van der Waals surface area contributed by atoms with Gasteiger partial charge in [0.15, 0.2) is 0 Å². The second-order valence-corrected chi connectivity index (χ2v) is 2.21. The van der Waals surface area contributed by atoms with E-state index in [0.717, 1.165) is 18.5 Å². The van der Waals surface area contributed by atoms with E-state index >= 15 is 0 Å². The lowest BCUT2D eigenvalue weighted by Gasteiger charge is -1.82. The van der Waals surface area contributed by atoms with Crippen LogP contribution in [0.1, 0.15) is 19.0 Å². The summed E-state index contributed by atoms with van der Waals surface area (Å²) in [4.78, 5) is 0. The number of aromatic nitrogens is 2. The molecule has 0 atom stereocenters. The summed E-state index contributed by atoms with van der Waals surface area (Å²) >= 11 is 1.28. The van der Waals surface area contributed by atoms with E-state index in [0.29, 0.717) is 0 Å². The third kappa shape index (κ3) is 1.26. The van der Waals surface area contributed by atoms with Crippen LogP contribution in [-0.2, 0) is 6.42 Å². The van der Waals surface area contributed by atoms with Crippen molar-refractivity contribution < 1.29 is 0 Å². The molecule has 0 bridgehead atoms. The zero-order chi connectivity index (χ0) is 5.82. The third-order valence-corrected chi connectivity index (χ3v) is 1.43. The molecular weight excluding hydrogens is 120 g/mol. The van der Waals surface area contributed by atoms with E-state index in [1.165, 1.54) is 11.7 Å². The zero-order valence-corrected chi connectivity index (χ0v) is 5.61. The molecule has 0 saturated heterocycles. The van der Waals surface area contributed by atoms with Crippen LogP contribution in [0.3, 0.4) is 0 Å². The van der Waals surface area contributed by atoms with Gasteiger partial charge in [-0.05, 0) is 6.42 Å². The Balaban J connectivity index is 2.50. The van der Waals surface area contributed by atoms with E-state index in [1.54, 1.807) is 0 Å². The van der Waals surface area contributed by atoms with Gasteiger partial charge in [-0.15, -0.1) is 0 Å². The molecule has 0 saturated carbocycles. The Morgan fingerprint density at radius 1 is 1.75 bits per heavy atom. The van der Waals surface area contributed by atoms with Crippen molar-refractivity contribution >= 4 is 11.7 Å². The predicted molar refractivity (Wildman–Crippen MR) is 33.9 cm³/mol. The van der Waals surface area contributed by atoms with E-state index in [-0.39, 0.29) is 0 Å². The van der Waals surface area contributed by atoms with Crippen LogP contribution in [0.5, 0.6) is 0 Å². The number of nitrogens with zero attached hydrogens (tertiary/aromatic N) is 2. The summed E-state index contributed by atoms with van der Waals surface area (Å²) in [6.07, 6.45) is 4.05. The van der Waals surface area contributed by atoms with Crippen LogP contribution in [0.15, 0.2) is 6.20 Å². The molecular formula is C5H8N2S. The minimum Gasteiger partial charge on any atom is -0.181 e. The first-order valence-electron chi connectivity index (χ1n) is 2.70. The molecule has 1 heterocycles. The molecule has 0 aromatic carbocycles. The van der Waals surface area contributed by atoms with Crippen molar-refractivity contribution in [1.29, 1.82) is 0 Å². The first-order valence-corrected chi connectivity index (χ1v) is 3.43. The molecule has 8 heavy (non-hydrogen) atoms. The van der Waals surface area contributed by atoms with Gasteiger partial charge in [-0.1, -0.05) is 13.3 Å². The summed E-state index contributed by atoms with van der Waals surface area (Å²) in [6.45, 7) is 2.14. The van der Waals surface area contributed by atoms with Crippen LogP contribution in [0.2, 0.25) is 0 Å². The largest absolute Gasteiger partial charge is 0.181 e. The van der Waals surface area contributed by atoms with Gasteiger partial charge in [0.1, 0.15) is 0 Å². The van der Waals surface area contributed by atoms with E-state index in [1.807, 2.05) is 6.20 Å². The summed E-state index contributed by atoms with van der Waals surface area (Å²) in [5.74, 6) is 0. The van der Waals surface area contributed by atoms with Gasteiger partial charge in [0.05, 0.1) is 23.6 Å². The van der Waals surface area contributed by atoms with Gasteiger partial charge < -0.3 is 0 Å². The summed E-state index contributed by atoms with van der Waals surface area (Å²) < 4.78 is 7.91. The van der Waals surface area contributed by atoms with Crippen molar-refractivity contribution in [2.45, 2.75) is 19.8 Å². The number of rotatable bonds is 2. The van der Waals surface area contributed by atoms with E-state index in [4.69, 9.17) is 0 Å². The molecule has 0 fully saturated rings.